The van der Waals surface area contributed by atoms with Gasteiger partial charge in [0, 0.05) is 61.1 Å². The third-order valence-corrected chi connectivity index (χ3v) is 11.6. The number of hydrogen-bond donors (Lipinski definition) is 1. The van der Waals surface area contributed by atoms with Gasteiger partial charge in [-0.25, -0.2) is 13.2 Å². The van der Waals surface area contributed by atoms with Crippen LogP contribution in [0.2, 0.25) is 0 Å². The lowest BCUT2D eigenvalue weighted by Gasteiger charge is -2.32. The van der Waals surface area contributed by atoms with Gasteiger partial charge in [0.1, 0.15) is 41.0 Å². The Morgan fingerprint density at radius 1 is 1.23 bits per heavy atom. The number of alkyl halides is 4. The Morgan fingerprint density at radius 3 is 2.70 bits per heavy atom. The number of ether oxygens (including phenoxy) is 1. The molecule has 2 aromatic heterocycles. The van der Waals surface area contributed by atoms with Crippen LogP contribution in [-0.2, 0) is 11.0 Å². The van der Waals surface area contributed by atoms with E-state index in [0.717, 1.165) is 30.2 Å². The van der Waals surface area contributed by atoms with Crippen molar-refractivity contribution in [1.29, 1.82) is 5.26 Å². The molecule has 3 aliphatic heterocycles. The number of anilines is 2. The Labute approximate surface area is 305 Å². The van der Waals surface area contributed by atoms with Crippen LogP contribution in [0.3, 0.4) is 0 Å². The normalized spacial score (nSPS) is 21.7. The van der Waals surface area contributed by atoms with E-state index in [9.17, 15) is 18.8 Å². The molecule has 3 aliphatic rings. The number of amides is 1. The number of nitrogens with two attached hydrogens (primary N) is 1. The minimum Gasteiger partial charge on any atom is -0.461 e. The van der Waals surface area contributed by atoms with Crippen molar-refractivity contribution < 1.29 is 35.9 Å². The van der Waals surface area contributed by atoms with Crippen molar-refractivity contribution in [2.75, 3.05) is 50.0 Å². The number of allylic oxidation sites excluding steroid dienone is 1. The Balaban J connectivity index is 1.43. The van der Waals surface area contributed by atoms with E-state index in [0.29, 0.717) is 37.3 Å². The second kappa shape index (κ2) is 13.7. The van der Waals surface area contributed by atoms with E-state index in [2.05, 4.69) is 9.97 Å². The Kier molecular flexibility index (Phi) is 9.47. The smallest absolute Gasteiger partial charge is 0.417 e. The number of rotatable bonds is 8. The quantitative estimate of drug-likeness (QED) is 0.145. The van der Waals surface area contributed by atoms with E-state index in [1.165, 1.54) is 6.08 Å². The van der Waals surface area contributed by atoms with Gasteiger partial charge in [0.25, 0.3) is 0 Å². The number of aromatic nitrogens is 2. The maximum atomic E-state index is 17.2. The molecule has 3 atom stereocenters. The van der Waals surface area contributed by atoms with Crippen LogP contribution in [-0.4, -0.2) is 82.8 Å². The number of halogens is 6. The van der Waals surface area contributed by atoms with Crippen molar-refractivity contribution in [2.24, 2.45) is 0 Å². The zero-order chi connectivity index (χ0) is 38.0. The summed E-state index contributed by atoms with van der Waals surface area (Å²) in [6.07, 6.45) is -2.49. The van der Waals surface area contributed by atoms with E-state index in [1.807, 2.05) is 11.0 Å². The molecule has 5 heterocycles. The van der Waals surface area contributed by atoms with Gasteiger partial charge in [-0.1, -0.05) is 11.6 Å². The summed E-state index contributed by atoms with van der Waals surface area (Å²) < 4.78 is 98.1. The monoisotopic (exact) mass is 757 g/mol. The molecule has 0 aliphatic carbocycles. The highest BCUT2D eigenvalue weighted by molar-refractivity contribution is 7.23. The second-order valence-corrected chi connectivity index (χ2v) is 15.2. The first-order chi connectivity index (χ1) is 25.2. The van der Waals surface area contributed by atoms with Gasteiger partial charge < -0.3 is 20.3 Å². The van der Waals surface area contributed by atoms with E-state index in [1.54, 1.807) is 30.6 Å². The molecule has 7 rings (SSSR count). The van der Waals surface area contributed by atoms with Crippen LogP contribution in [0.5, 0.6) is 6.01 Å². The number of fused-ring (bicyclic) bond motifs is 3. The molecule has 2 aromatic carbocycles. The molecule has 2 N–H and O–H groups in total. The van der Waals surface area contributed by atoms with Gasteiger partial charge >= 0.3 is 12.2 Å². The van der Waals surface area contributed by atoms with Crippen LogP contribution in [0.25, 0.3) is 32.1 Å². The highest BCUT2D eigenvalue weighted by Gasteiger charge is 2.49. The molecule has 3 unspecified atom stereocenters. The summed E-state index contributed by atoms with van der Waals surface area (Å²) in [6, 6.07) is 3.81. The zero-order valence-corrected chi connectivity index (χ0v) is 30.1. The molecule has 1 amide bonds. The predicted octanol–water partition coefficient (Wildman–Crippen LogP) is 7.61. The fourth-order valence-electron chi connectivity index (χ4n) is 8.23. The first-order valence-electron chi connectivity index (χ1n) is 17.4. The van der Waals surface area contributed by atoms with Gasteiger partial charge in [0.15, 0.2) is 5.82 Å². The highest BCUT2D eigenvalue weighted by atomic mass is 32.1. The second-order valence-electron chi connectivity index (χ2n) is 14.2. The Bertz CT molecular complexity index is 2200. The molecule has 9 nitrogen and oxygen atoms in total. The Morgan fingerprint density at radius 2 is 2.00 bits per heavy atom. The van der Waals surface area contributed by atoms with Crippen molar-refractivity contribution in [2.45, 2.75) is 70.4 Å². The fourth-order valence-corrected chi connectivity index (χ4v) is 9.18. The molecule has 0 bridgehead atoms. The lowest BCUT2D eigenvalue weighted by molar-refractivity contribution is -0.137. The van der Waals surface area contributed by atoms with Crippen LogP contribution in [0.4, 0.5) is 37.2 Å². The van der Waals surface area contributed by atoms with Crippen LogP contribution in [0.1, 0.15) is 57.6 Å². The first-order valence-corrected chi connectivity index (χ1v) is 18.2. The van der Waals surface area contributed by atoms with Gasteiger partial charge in [-0.05, 0) is 64.3 Å². The first kappa shape index (κ1) is 36.7. The van der Waals surface area contributed by atoms with Crippen molar-refractivity contribution in [3.63, 3.8) is 0 Å². The average Bonchev–Trinajstić information content (AvgIpc) is 3.87. The number of nitriles is 1. The van der Waals surface area contributed by atoms with Crippen molar-refractivity contribution in [1.82, 2.24) is 19.8 Å². The zero-order valence-electron chi connectivity index (χ0n) is 29.3. The van der Waals surface area contributed by atoms with Gasteiger partial charge in [0.2, 0.25) is 5.91 Å². The van der Waals surface area contributed by atoms with Gasteiger partial charge in [-0.3, -0.25) is 9.69 Å². The lowest BCUT2D eigenvalue weighted by atomic mass is 9.92. The minimum absolute atomic E-state index is 0.0215. The lowest BCUT2D eigenvalue weighted by Crippen LogP contribution is -2.43. The molecular formula is C37H37F6N7O2S. The third kappa shape index (κ3) is 6.41. The van der Waals surface area contributed by atoms with Crippen LogP contribution < -0.4 is 15.4 Å². The van der Waals surface area contributed by atoms with Gasteiger partial charge in [-0.2, -0.15) is 28.4 Å². The maximum Gasteiger partial charge on any atom is 0.417 e. The van der Waals surface area contributed by atoms with Crippen molar-refractivity contribution >= 4 is 49.1 Å². The number of thiophene rings is 1. The number of carbonyl (C=O) groups excluding carboxylic acids is 1. The molecular weight excluding hydrogens is 721 g/mol. The van der Waals surface area contributed by atoms with Crippen LogP contribution >= 0.6 is 11.3 Å². The number of benzene rings is 2. The summed E-state index contributed by atoms with van der Waals surface area (Å²) in [7, 11) is 0. The number of nitrogen functional groups attached to an aromatic ring is 1. The summed E-state index contributed by atoms with van der Waals surface area (Å²) in [5.74, 6) is -2.43. The largest absolute Gasteiger partial charge is 0.461 e. The summed E-state index contributed by atoms with van der Waals surface area (Å²) >= 11 is 0.680. The predicted molar refractivity (Wildman–Crippen MR) is 190 cm³/mol. The highest BCUT2D eigenvalue weighted by Crippen LogP contribution is 2.48. The maximum absolute atomic E-state index is 17.2. The SMILES string of the molecule is CCN(c1nc(OCC23CCCN2CC(F)C3)nc2c(F)c(-c3ccc(F)c4sc(N)c(C#N)c34)c(C(F)(F)F)cc12)C1CCN(C(=O)C=C(C)C)C1. The number of likely N-dealkylation sites (N-methyl/N-ethyl adjacent to an activating group) is 1. The number of hydrogen-bond acceptors (Lipinski definition) is 9. The van der Waals surface area contributed by atoms with Gasteiger partial charge in [0.05, 0.1) is 21.4 Å². The number of nitrogens with zero attached hydrogens (tertiary/aromatic N) is 6. The van der Waals surface area contributed by atoms with Gasteiger partial charge in [-0.15, -0.1) is 11.3 Å². The standard InChI is InChI=1S/C37H37F6N7O2S/c1-4-50(21-8-11-48(17-21)27(51)12-19(2)3)34-23-13-25(37(41,42)43)29(22-6-7-26(39)32-28(22)24(15-44)33(45)53-32)30(40)31(23)46-35(47-34)52-18-36-9-5-10-49(36)16-20(38)14-36/h6-7,12-13,20-21H,4-5,8-11,14,16-18,45H2,1-3H3. The average molecular weight is 758 g/mol. The fraction of sp³-hybridized carbons (Fsp3) is 0.459. The summed E-state index contributed by atoms with van der Waals surface area (Å²) in [6.45, 7) is 7.15. The molecule has 280 valence electrons. The molecule has 16 heteroatoms. The van der Waals surface area contributed by atoms with Crippen LogP contribution in [0.15, 0.2) is 29.8 Å². The molecule has 0 radical (unpaired) electrons. The van der Waals surface area contributed by atoms with E-state index < -0.39 is 52.2 Å². The molecule has 4 aromatic rings. The molecule has 3 fully saturated rings. The molecule has 0 saturated carbocycles. The number of carbonyl (C=O) groups is 1. The molecule has 0 spiro atoms. The number of likely N-dealkylation sites (tertiary alicyclic amines) is 1. The van der Waals surface area contributed by atoms with Crippen LogP contribution in [0, 0.1) is 23.0 Å². The Hall–Kier alpha value is -4.62. The van der Waals surface area contributed by atoms with Crippen molar-refractivity contribution in [3.8, 4) is 23.2 Å². The molecule has 53 heavy (non-hydrogen) atoms. The minimum atomic E-state index is -5.12. The van der Waals surface area contributed by atoms with Crippen molar-refractivity contribution in [3.05, 3.63) is 52.6 Å². The topological polar surface area (TPSA) is 112 Å². The van der Waals surface area contributed by atoms with E-state index in [4.69, 9.17) is 10.5 Å². The summed E-state index contributed by atoms with van der Waals surface area (Å²) in [4.78, 5) is 27.2. The summed E-state index contributed by atoms with van der Waals surface area (Å²) in [5.41, 5.74) is 2.71. The summed E-state index contributed by atoms with van der Waals surface area (Å²) in [5, 5.41) is 9.25. The molecule has 3 saturated heterocycles. The van der Waals surface area contributed by atoms with E-state index in [-0.39, 0.29) is 82.0 Å². The third-order valence-electron chi connectivity index (χ3n) is 10.6. The van der Waals surface area contributed by atoms with E-state index >= 15 is 17.6 Å².